The highest BCUT2D eigenvalue weighted by atomic mass is 16.7. The molecule has 6 atom stereocenters. The van der Waals surface area contributed by atoms with Crippen molar-refractivity contribution in [3.63, 3.8) is 0 Å². The van der Waals surface area contributed by atoms with Gasteiger partial charge in [-0.1, -0.05) is 0 Å². The SMILES string of the molecule is OCC1OC(Oc2ccc(C3=C(O)C=C4C(O)=CC(O)=CC4O3)cc2O)C(O)C(O)C1O. The van der Waals surface area contributed by atoms with Crippen LogP contribution in [-0.2, 0) is 9.47 Å². The molecule has 0 saturated carbocycles. The third-order valence-electron chi connectivity index (χ3n) is 5.29. The molecule has 4 rings (SSSR count). The van der Waals surface area contributed by atoms with Crippen molar-refractivity contribution in [2.24, 2.45) is 0 Å². The summed E-state index contributed by atoms with van der Waals surface area (Å²) < 4.78 is 16.3. The summed E-state index contributed by atoms with van der Waals surface area (Å²) in [5.41, 5.74) is 0.481. The molecule has 6 unspecified atom stereocenters. The highest BCUT2D eigenvalue weighted by Gasteiger charge is 2.45. The van der Waals surface area contributed by atoms with E-state index in [1.165, 1.54) is 30.4 Å². The van der Waals surface area contributed by atoms with Gasteiger partial charge >= 0.3 is 0 Å². The molecule has 2 heterocycles. The van der Waals surface area contributed by atoms with Gasteiger partial charge in [-0.25, -0.2) is 0 Å². The third kappa shape index (κ3) is 3.87. The molecule has 172 valence electrons. The minimum absolute atomic E-state index is 0.0350. The first-order chi connectivity index (χ1) is 15.2. The number of fused-ring (bicyclic) bond motifs is 1. The Balaban J connectivity index is 1.57. The van der Waals surface area contributed by atoms with Gasteiger partial charge in [-0.2, -0.15) is 0 Å². The zero-order valence-corrected chi connectivity index (χ0v) is 16.4. The number of ether oxygens (including phenoxy) is 3. The van der Waals surface area contributed by atoms with Crippen LogP contribution in [0.25, 0.3) is 5.76 Å². The van der Waals surface area contributed by atoms with E-state index in [-0.39, 0.29) is 39.9 Å². The fourth-order valence-corrected chi connectivity index (χ4v) is 3.58. The normalized spacial score (nSPS) is 32.3. The van der Waals surface area contributed by atoms with Crippen LogP contribution in [0.15, 0.2) is 59.3 Å². The van der Waals surface area contributed by atoms with E-state index in [9.17, 15) is 40.9 Å². The quantitative estimate of drug-likeness (QED) is 0.309. The molecule has 1 aromatic carbocycles. The lowest BCUT2D eigenvalue weighted by Crippen LogP contribution is -2.60. The van der Waals surface area contributed by atoms with Crippen molar-refractivity contribution in [3.05, 3.63) is 64.8 Å². The van der Waals surface area contributed by atoms with Gasteiger partial charge in [0.25, 0.3) is 0 Å². The minimum atomic E-state index is -1.66. The summed E-state index contributed by atoms with van der Waals surface area (Å²) in [7, 11) is 0. The molecule has 0 aromatic heterocycles. The highest BCUT2D eigenvalue weighted by Crippen LogP contribution is 2.38. The third-order valence-corrected chi connectivity index (χ3v) is 5.29. The van der Waals surface area contributed by atoms with Gasteiger partial charge in [0.1, 0.15) is 42.0 Å². The molecule has 11 heteroatoms. The number of aliphatic hydroxyl groups is 7. The molecule has 0 bridgehead atoms. The molecule has 2 aliphatic heterocycles. The van der Waals surface area contributed by atoms with E-state index in [0.717, 1.165) is 6.08 Å². The molecule has 0 amide bonds. The number of aliphatic hydroxyl groups excluding tert-OH is 7. The highest BCUT2D eigenvalue weighted by molar-refractivity contribution is 5.69. The van der Waals surface area contributed by atoms with Crippen molar-refractivity contribution in [2.75, 3.05) is 6.61 Å². The number of benzene rings is 1. The Bertz CT molecular complexity index is 1020. The summed E-state index contributed by atoms with van der Waals surface area (Å²) in [5.74, 6) is -1.41. The number of allylic oxidation sites excluding steroid dienone is 2. The molecule has 1 aromatic rings. The minimum Gasteiger partial charge on any atom is -0.508 e. The van der Waals surface area contributed by atoms with Gasteiger partial charge in [0.15, 0.2) is 23.0 Å². The summed E-state index contributed by atoms with van der Waals surface area (Å²) in [6.07, 6.45) is -4.67. The summed E-state index contributed by atoms with van der Waals surface area (Å²) in [4.78, 5) is 0. The molecular weight excluding hydrogens is 428 g/mol. The van der Waals surface area contributed by atoms with Crippen molar-refractivity contribution < 1.29 is 55.1 Å². The van der Waals surface area contributed by atoms with Gasteiger partial charge in [0, 0.05) is 23.3 Å². The molecule has 32 heavy (non-hydrogen) atoms. The second kappa shape index (κ2) is 8.37. The predicted octanol–water partition coefficient (Wildman–Crippen LogP) is 0.0201. The van der Waals surface area contributed by atoms with Gasteiger partial charge in [-0.05, 0) is 24.3 Å². The van der Waals surface area contributed by atoms with Crippen LogP contribution in [0, 0.1) is 0 Å². The number of hydrogen-bond acceptors (Lipinski definition) is 11. The van der Waals surface area contributed by atoms with Crippen molar-refractivity contribution in [1.82, 2.24) is 0 Å². The van der Waals surface area contributed by atoms with Crippen LogP contribution in [0.4, 0.5) is 0 Å². The topological polar surface area (TPSA) is 190 Å². The molecule has 1 saturated heterocycles. The maximum Gasteiger partial charge on any atom is 0.229 e. The van der Waals surface area contributed by atoms with E-state index >= 15 is 0 Å². The zero-order valence-electron chi connectivity index (χ0n) is 16.4. The fraction of sp³-hybridized carbons (Fsp3) is 0.333. The van der Waals surface area contributed by atoms with E-state index in [1.807, 2.05) is 0 Å². The predicted molar refractivity (Wildman–Crippen MR) is 106 cm³/mol. The van der Waals surface area contributed by atoms with Gasteiger partial charge in [0.2, 0.25) is 6.29 Å². The largest absolute Gasteiger partial charge is 0.508 e. The molecule has 0 spiro atoms. The van der Waals surface area contributed by atoms with Crippen molar-refractivity contribution in [3.8, 4) is 11.5 Å². The average molecular weight is 450 g/mol. The Labute approximate surface area is 181 Å². The first kappa shape index (κ1) is 22.0. The van der Waals surface area contributed by atoms with Gasteiger partial charge in [0.05, 0.1) is 6.61 Å². The monoisotopic (exact) mass is 450 g/mol. The first-order valence-corrected chi connectivity index (χ1v) is 9.63. The summed E-state index contributed by atoms with van der Waals surface area (Å²) >= 11 is 0. The van der Waals surface area contributed by atoms with Crippen molar-refractivity contribution >= 4 is 5.76 Å². The summed E-state index contributed by atoms with van der Waals surface area (Å²) in [5, 5.41) is 79.3. The van der Waals surface area contributed by atoms with E-state index in [1.54, 1.807) is 0 Å². The van der Waals surface area contributed by atoms with E-state index in [2.05, 4.69) is 0 Å². The average Bonchev–Trinajstić information content (AvgIpc) is 2.75. The van der Waals surface area contributed by atoms with E-state index in [0.29, 0.717) is 0 Å². The van der Waals surface area contributed by atoms with Crippen LogP contribution >= 0.6 is 0 Å². The second-order valence-electron chi connectivity index (χ2n) is 7.47. The van der Waals surface area contributed by atoms with Gasteiger partial charge in [-0.15, -0.1) is 0 Å². The maximum atomic E-state index is 10.4. The van der Waals surface area contributed by atoms with Gasteiger partial charge < -0.3 is 55.1 Å². The molecule has 0 radical (unpaired) electrons. The lowest BCUT2D eigenvalue weighted by molar-refractivity contribution is -0.277. The molecular formula is C21H22O11. The van der Waals surface area contributed by atoms with E-state index < -0.39 is 49.2 Å². The number of aromatic hydroxyl groups is 1. The second-order valence-corrected chi connectivity index (χ2v) is 7.47. The molecule has 1 aliphatic carbocycles. The standard InChI is InChI=1S/C21H22O11/c22-7-16-17(27)18(28)19(29)21(32-16)31-14-2-1-8(3-12(14)25)20-13(26)6-10-11(24)4-9(23)5-15(10)30-20/h1-6,15-19,21-29H,7H2. The van der Waals surface area contributed by atoms with Crippen LogP contribution in [0.5, 0.6) is 11.5 Å². The Hall–Kier alpha value is -3.22. The lowest BCUT2D eigenvalue weighted by atomic mass is 9.97. The lowest BCUT2D eigenvalue weighted by Gasteiger charge is -2.39. The summed E-state index contributed by atoms with van der Waals surface area (Å²) in [6.45, 7) is -0.633. The van der Waals surface area contributed by atoms with Crippen LogP contribution in [0.3, 0.4) is 0 Å². The smallest absolute Gasteiger partial charge is 0.229 e. The van der Waals surface area contributed by atoms with E-state index in [4.69, 9.17) is 14.2 Å². The summed E-state index contributed by atoms with van der Waals surface area (Å²) in [6, 6.07) is 3.91. The van der Waals surface area contributed by atoms with Crippen LogP contribution in [0.2, 0.25) is 0 Å². The zero-order chi connectivity index (χ0) is 23.2. The van der Waals surface area contributed by atoms with Crippen LogP contribution in [-0.4, -0.2) is 84.3 Å². The first-order valence-electron chi connectivity index (χ1n) is 9.63. The molecule has 1 fully saturated rings. The number of rotatable bonds is 4. The van der Waals surface area contributed by atoms with Crippen molar-refractivity contribution in [1.29, 1.82) is 0 Å². The molecule has 3 aliphatic rings. The molecule has 11 nitrogen and oxygen atoms in total. The number of phenolic OH excluding ortho intramolecular Hbond substituents is 1. The Morgan fingerprint density at radius 1 is 0.938 bits per heavy atom. The Morgan fingerprint density at radius 3 is 2.38 bits per heavy atom. The van der Waals surface area contributed by atoms with Crippen molar-refractivity contribution in [2.45, 2.75) is 36.8 Å². The number of phenols is 1. The number of hydrogen-bond donors (Lipinski definition) is 8. The maximum absolute atomic E-state index is 10.4. The fourth-order valence-electron chi connectivity index (χ4n) is 3.58. The molecule has 8 N–H and O–H groups in total. The van der Waals surface area contributed by atoms with Crippen LogP contribution < -0.4 is 4.74 Å². The Kier molecular flexibility index (Phi) is 5.75. The van der Waals surface area contributed by atoms with Gasteiger partial charge in [-0.3, -0.25) is 0 Å². The van der Waals surface area contributed by atoms with Crippen LogP contribution in [0.1, 0.15) is 5.56 Å². The Morgan fingerprint density at radius 2 is 1.69 bits per heavy atom.